The Labute approximate surface area is 190 Å². The number of nitrogens with zero attached hydrogens (tertiary/aromatic N) is 4. The minimum absolute atomic E-state index is 0.104. The van der Waals surface area contributed by atoms with Crippen molar-refractivity contribution >= 4 is 41.3 Å². The second-order valence-corrected chi connectivity index (χ2v) is 8.91. The summed E-state index contributed by atoms with van der Waals surface area (Å²) in [7, 11) is 1.75. The first-order valence-electron chi connectivity index (χ1n) is 10.2. The van der Waals surface area contributed by atoms with Crippen LogP contribution in [0.1, 0.15) is 28.2 Å². The van der Waals surface area contributed by atoms with Gasteiger partial charge in [-0.1, -0.05) is 0 Å². The van der Waals surface area contributed by atoms with E-state index >= 15 is 0 Å². The van der Waals surface area contributed by atoms with Gasteiger partial charge in [0.1, 0.15) is 15.7 Å². The van der Waals surface area contributed by atoms with Crippen molar-refractivity contribution in [2.45, 2.75) is 25.4 Å². The molecule has 0 radical (unpaired) electrons. The van der Waals surface area contributed by atoms with Gasteiger partial charge in [0.15, 0.2) is 0 Å². The Hall–Kier alpha value is -2.43. The second kappa shape index (κ2) is 9.80. The number of rotatable bonds is 7. The molecule has 31 heavy (non-hydrogen) atoms. The van der Waals surface area contributed by atoms with Crippen LogP contribution in [-0.2, 0) is 10.6 Å². The van der Waals surface area contributed by atoms with Crippen LogP contribution in [0.5, 0.6) is 0 Å². The van der Waals surface area contributed by atoms with Gasteiger partial charge in [0.2, 0.25) is 0 Å². The van der Waals surface area contributed by atoms with Gasteiger partial charge >= 0.3 is 0 Å². The number of piperidine rings is 1. The highest BCUT2D eigenvalue weighted by molar-refractivity contribution is 7.93. The minimum Gasteiger partial charge on any atom is -0.392 e. The van der Waals surface area contributed by atoms with Gasteiger partial charge in [-0.2, -0.15) is 0 Å². The average molecular weight is 459 g/mol. The fraction of sp³-hybridized carbons (Fsp3) is 0.429. The van der Waals surface area contributed by atoms with Crippen molar-refractivity contribution in [1.29, 1.82) is 5.41 Å². The summed E-state index contributed by atoms with van der Waals surface area (Å²) in [5, 5.41) is 11.3. The predicted octanol–water partition coefficient (Wildman–Crippen LogP) is 3.18. The van der Waals surface area contributed by atoms with Crippen LogP contribution in [0.25, 0.3) is 10.6 Å². The molecule has 1 atom stereocenters. The molecular weight excluding hydrogens is 432 g/mol. The molecule has 1 unspecified atom stereocenters. The van der Waals surface area contributed by atoms with E-state index in [9.17, 15) is 4.79 Å². The number of aromatic nitrogens is 2. The van der Waals surface area contributed by atoms with E-state index in [-0.39, 0.29) is 12.0 Å². The molecule has 0 bridgehead atoms. The van der Waals surface area contributed by atoms with Gasteiger partial charge in [-0.3, -0.25) is 4.79 Å². The van der Waals surface area contributed by atoms with Crippen molar-refractivity contribution in [2.24, 2.45) is 0 Å². The lowest BCUT2D eigenvalue weighted by molar-refractivity contribution is 0.0804. The van der Waals surface area contributed by atoms with Crippen LogP contribution >= 0.6 is 23.4 Å². The first-order valence-corrected chi connectivity index (χ1v) is 12.2. The van der Waals surface area contributed by atoms with Gasteiger partial charge in [0.25, 0.3) is 5.91 Å². The molecule has 2 aromatic heterocycles. The molecule has 1 fully saturated rings. The molecule has 0 saturated carbocycles. The van der Waals surface area contributed by atoms with E-state index in [0.29, 0.717) is 23.5 Å². The number of thiazole rings is 1. The largest absolute Gasteiger partial charge is 0.392 e. The highest BCUT2D eigenvalue weighted by Gasteiger charge is 2.30. The highest BCUT2D eigenvalue weighted by atomic mass is 32.2. The normalized spacial score (nSPS) is 19.4. The van der Waals surface area contributed by atoms with Crippen molar-refractivity contribution in [2.75, 3.05) is 37.8 Å². The summed E-state index contributed by atoms with van der Waals surface area (Å²) in [4.78, 5) is 26.9. The standard InChI is InChI=1S/C21H26N6O2S2/c1-23-12-15(10-22)27-9-7-17-19(21(27)28)31-20(25-17)14-5-6-18(24-11-14)26-8-3-4-16(13-26)29-30-2/h5-6,10-12,16,22-23H,3-4,7-9,13H2,1-2H3/b15-12+,22-10?. The first-order chi connectivity index (χ1) is 15.1. The topological polar surface area (TPSA) is 94.4 Å². The van der Waals surface area contributed by atoms with Crippen molar-refractivity contribution in [1.82, 2.24) is 20.2 Å². The smallest absolute Gasteiger partial charge is 0.270 e. The Morgan fingerprint density at radius 2 is 2.29 bits per heavy atom. The predicted molar refractivity (Wildman–Crippen MR) is 126 cm³/mol. The lowest BCUT2D eigenvalue weighted by Crippen LogP contribution is -2.39. The molecule has 4 heterocycles. The van der Waals surface area contributed by atoms with Crippen molar-refractivity contribution < 1.29 is 8.98 Å². The molecule has 2 aromatic rings. The number of carbonyl (C=O) groups excluding carboxylic acids is 1. The molecule has 4 rings (SSSR count). The Bertz CT molecular complexity index is 973. The highest BCUT2D eigenvalue weighted by Crippen LogP contribution is 2.33. The molecule has 10 heteroatoms. The zero-order valence-electron chi connectivity index (χ0n) is 17.6. The summed E-state index contributed by atoms with van der Waals surface area (Å²) in [6.07, 6.45) is 9.71. The molecule has 0 aliphatic carbocycles. The number of carbonyl (C=O) groups is 1. The average Bonchev–Trinajstić information content (AvgIpc) is 3.24. The van der Waals surface area contributed by atoms with Gasteiger partial charge in [-0.05, 0) is 37.0 Å². The lowest BCUT2D eigenvalue weighted by Gasteiger charge is -2.32. The third-order valence-corrected chi connectivity index (χ3v) is 6.99. The lowest BCUT2D eigenvalue weighted by atomic mass is 10.1. The number of amides is 1. The fourth-order valence-electron chi connectivity index (χ4n) is 3.91. The number of anilines is 1. The van der Waals surface area contributed by atoms with Crippen LogP contribution in [0.15, 0.2) is 30.2 Å². The molecule has 1 saturated heterocycles. The van der Waals surface area contributed by atoms with Crippen molar-refractivity contribution in [3.05, 3.63) is 40.8 Å². The summed E-state index contributed by atoms with van der Waals surface area (Å²) >= 11 is 2.81. The van der Waals surface area contributed by atoms with Gasteiger partial charge in [-0.15, -0.1) is 11.3 Å². The Kier molecular flexibility index (Phi) is 6.89. The molecule has 0 spiro atoms. The molecule has 0 aromatic carbocycles. The number of allylic oxidation sites excluding steroid dienone is 1. The molecule has 164 valence electrons. The van der Waals surface area contributed by atoms with E-state index in [0.717, 1.165) is 48.0 Å². The summed E-state index contributed by atoms with van der Waals surface area (Å²) in [5.74, 6) is 0.835. The number of pyridine rings is 1. The number of nitrogens with one attached hydrogen (secondary N) is 2. The van der Waals surface area contributed by atoms with E-state index in [1.165, 1.54) is 29.6 Å². The zero-order valence-corrected chi connectivity index (χ0v) is 19.3. The van der Waals surface area contributed by atoms with E-state index < -0.39 is 0 Å². The maximum atomic E-state index is 13.0. The van der Waals surface area contributed by atoms with Crippen molar-refractivity contribution in [3.8, 4) is 10.6 Å². The summed E-state index contributed by atoms with van der Waals surface area (Å²) < 4.78 is 5.71. The van der Waals surface area contributed by atoms with Crippen LogP contribution in [0.2, 0.25) is 0 Å². The molecule has 1 amide bonds. The number of fused-ring (bicyclic) bond motifs is 1. The van der Waals surface area contributed by atoms with Gasteiger partial charge in [0.05, 0.1) is 17.5 Å². The molecule has 2 aliphatic rings. The third-order valence-electron chi connectivity index (χ3n) is 5.39. The van der Waals surface area contributed by atoms with Gasteiger partial charge in [-0.25, -0.2) is 9.97 Å². The quantitative estimate of drug-likeness (QED) is 0.486. The third kappa shape index (κ3) is 4.60. The second-order valence-electron chi connectivity index (χ2n) is 7.38. The molecule has 2 aliphatic heterocycles. The van der Waals surface area contributed by atoms with Crippen molar-refractivity contribution in [3.63, 3.8) is 0 Å². The maximum absolute atomic E-state index is 13.0. The van der Waals surface area contributed by atoms with Crippen LogP contribution in [0.4, 0.5) is 5.82 Å². The Morgan fingerprint density at radius 1 is 1.42 bits per heavy atom. The Balaban J connectivity index is 1.51. The maximum Gasteiger partial charge on any atom is 0.270 e. The summed E-state index contributed by atoms with van der Waals surface area (Å²) in [6.45, 7) is 2.34. The van der Waals surface area contributed by atoms with Crippen LogP contribution in [-0.4, -0.2) is 66.0 Å². The SMILES string of the molecule is CN/C=C(\C=N)N1CCc2nc(-c3ccc(N4CCCC(OSC)C4)nc3)sc2C1=O. The van der Waals surface area contributed by atoms with Crippen LogP contribution in [0.3, 0.4) is 0 Å². The zero-order chi connectivity index (χ0) is 21.8. The minimum atomic E-state index is -0.104. The summed E-state index contributed by atoms with van der Waals surface area (Å²) in [5.41, 5.74) is 2.28. The van der Waals surface area contributed by atoms with E-state index in [1.807, 2.05) is 24.6 Å². The van der Waals surface area contributed by atoms with E-state index in [1.54, 1.807) is 18.1 Å². The number of hydrogen-bond acceptors (Lipinski definition) is 9. The molecule has 2 N–H and O–H groups in total. The Morgan fingerprint density at radius 3 is 3.00 bits per heavy atom. The van der Waals surface area contributed by atoms with Gasteiger partial charge in [0, 0.05) is 63.5 Å². The van der Waals surface area contributed by atoms with Gasteiger partial charge < -0.3 is 24.7 Å². The first kappa shape index (κ1) is 21.8. The summed E-state index contributed by atoms with van der Waals surface area (Å²) in [6, 6.07) is 4.05. The monoisotopic (exact) mass is 458 g/mol. The fourth-order valence-corrected chi connectivity index (χ4v) is 5.39. The van der Waals surface area contributed by atoms with E-state index in [4.69, 9.17) is 14.6 Å². The van der Waals surface area contributed by atoms with Crippen LogP contribution in [0, 0.1) is 5.41 Å². The molecule has 8 nitrogen and oxygen atoms in total. The molecular formula is C21H26N6O2S2. The number of hydrogen-bond donors (Lipinski definition) is 2. The van der Waals surface area contributed by atoms with Crippen LogP contribution < -0.4 is 10.2 Å². The van der Waals surface area contributed by atoms with E-state index in [2.05, 4.69) is 15.2 Å².